The molecule has 0 amide bonds. The Morgan fingerprint density at radius 2 is 1.84 bits per heavy atom. The molecule has 200 valence electrons. The van der Waals surface area contributed by atoms with Crippen LogP contribution < -0.4 is 5.32 Å². The van der Waals surface area contributed by atoms with Crippen LogP contribution >= 0.6 is 0 Å². The Balaban J connectivity index is 1.65. The summed E-state index contributed by atoms with van der Waals surface area (Å²) >= 11 is 0. The molecule has 1 aliphatic heterocycles. The van der Waals surface area contributed by atoms with Crippen molar-refractivity contribution in [3.05, 3.63) is 65.1 Å². The molecular formula is C27H35N3O7. The fourth-order valence-electron chi connectivity index (χ4n) is 4.46. The van der Waals surface area contributed by atoms with Crippen molar-refractivity contribution in [2.75, 3.05) is 58.7 Å². The largest absolute Gasteiger partial charge is 0.455 e. The Hall–Kier alpha value is -3.02. The van der Waals surface area contributed by atoms with E-state index in [1.165, 1.54) is 0 Å². The number of nitrogens with one attached hydrogen (secondary N) is 1. The summed E-state index contributed by atoms with van der Waals surface area (Å²) < 4.78 is 30.2. The molecule has 0 saturated carbocycles. The number of aliphatic hydroxyl groups excluding tert-OH is 1. The summed E-state index contributed by atoms with van der Waals surface area (Å²) in [6.45, 7) is 5.17. The van der Waals surface area contributed by atoms with E-state index in [0.717, 1.165) is 33.8 Å². The molecule has 1 aromatic carbocycles. The summed E-state index contributed by atoms with van der Waals surface area (Å²) in [4.78, 5) is 17.7. The number of hydrogen-bond donors (Lipinski definition) is 2. The number of carbonyl (C=O) groups excluding carboxylic acids is 1. The van der Waals surface area contributed by atoms with E-state index in [4.69, 9.17) is 33.8 Å². The van der Waals surface area contributed by atoms with Crippen molar-refractivity contribution in [2.24, 2.45) is 0 Å². The zero-order valence-corrected chi connectivity index (χ0v) is 21.5. The maximum absolute atomic E-state index is 12.9. The number of fused-ring (bicyclic) bond motifs is 3. The van der Waals surface area contributed by atoms with Crippen molar-refractivity contribution in [3.8, 4) is 0 Å². The van der Waals surface area contributed by atoms with Crippen molar-refractivity contribution in [1.29, 1.82) is 0 Å². The number of nitrogens with zero attached hydrogens (tertiary/aromatic N) is 2. The lowest BCUT2D eigenvalue weighted by atomic mass is 9.88. The van der Waals surface area contributed by atoms with E-state index in [2.05, 4.69) is 9.72 Å². The Morgan fingerprint density at radius 3 is 2.59 bits per heavy atom. The standard InChI is InChI=1S/C27H35N3O7/c1-18-19(2)30-10-9-21-24(27(30)28-18)29-23(20-7-5-4-6-8-20)26(25(21)36-16-13-33-3)37-22(32)17-35-15-14-34-12-11-31/h4-10,23,25-26,29,31H,11-17H2,1-3H3/t23-,25-,26-/m1/s1. The molecule has 0 spiro atoms. The molecule has 0 aliphatic carbocycles. The van der Waals surface area contributed by atoms with E-state index in [9.17, 15) is 4.79 Å². The number of benzene rings is 1. The molecule has 0 bridgehead atoms. The molecule has 0 saturated heterocycles. The first kappa shape index (κ1) is 27.0. The molecule has 2 N–H and O–H groups in total. The molecule has 37 heavy (non-hydrogen) atoms. The topological polar surface area (TPSA) is 113 Å². The van der Waals surface area contributed by atoms with E-state index >= 15 is 0 Å². The monoisotopic (exact) mass is 513 g/mol. The van der Waals surface area contributed by atoms with Gasteiger partial charge in [-0.25, -0.2) is 9.78 Å². The molecule has 1 aliphatic rings. The highest BCUT2D eigenvalue weighted by Crippen LogP contribution is 2.44. The van der Waals surface area contributed by atoms with Crippen LogP contribution in [0.25, 0.3) is 5.65 Å². The molecule has 3 heterocycles. The molecule has 10 nitrogen and oxygen atoms in total. The van der Waals surface area contributed by atoms with Gasteiger partial charge in [-0.05, 0) is 25.5 Å². The maximum atomic E-state index is 12.9. The van der Waals surface area contributed by atoms with Crippen molar-refractivity contribution in [3.63, 3.8) is 0 Å². The number of ether oxygens (including phenoxy) is 5. The minimum atomic E-state index is -0.673. The van der Waals surface area contributed by atoms with Gasteiger partial charge in [0.05, 0.1) is 57.1 Å². The van der Waals surface area contributed by atoms with Crippen molar-refractivity contribution in [2.45, 2.75) is 32.1 Å². The Labute approximate surface area is 216 Å². The summed E-state index contributed by atoms with van der Waals surface area (Å²) in [6, 6.07) is 11.4. The lowest BCUT2D eigenvalue weighted by molar-refractivity contribution is -0.166. The minimum absolute atomic E-state index is 0.0618. The third-order valence-electron chi connectivity index (χ3n) is 6.37. The number of rotatable bonds is 13. The highest BCUT2D eigenvalue weighted by molar-refractivity contribution is 5.76. The van der Waals surface area contributed by atoms with Crippen LogP contribution in [-0.4, -0.2) is 79.9 Å². The highest BCUT2D eigenvalue weighted by atomic mass is 16.6. The summed E-state index contributed by atoms with van der Waals surface area (Å²) in [7, 11) is 1.62. The molecule has 3 atom stereocenters. The molecule has 10 heteroatoms. The predicted molar refractivity (Wildman–Crippen MR) is 137 cm³/mol. The van der Waals surface area contributed by atoms with E-state index < -0.39 is 18.2 Å². The number of aryl methyl sites for hydroxylation is 2. The summed E-state index contributed by atoms with van der Waals surface area (Å²) in [5.41, 5.74) is 5.45. The van der Waals surface area contributed by atoms with Crippen LogP contribution in [0, 0.1) is 13.8 Å². The van der Waals surface area contributed by atoms with Crippen molar-refractivity contribution < 1.29 is 33.6 Å². The minimum Gasteiger partial charge on any atom is -0.455 e. The number of methoxy groups -OCH3 is 1. The Bertz CT molecular complexity index is 1170. The second-order valence-electron chi connectivity index (χ2n) is 8.78. The molecule has 0 radical (unpaired) electrons. The van der Waals surface area contributed by atoms with Crippen LogP contribution in [0.5, 0.6) is 0 Å². The van der Waals surface area contributed by atoms with Crippen LogP contribution in [0.4, 0.5) is 5.69 Å². The molecule has 0 unspecified atom stereocenters. The van der Waals surface area contributed by atoms with Gasteiger partial charge in [0.25, 0.3) is 0 Å². The molecule has 0 fully saturated rings. The van der Waals surface area contributed by atoms with Crippen LogP contribution in [0.15, 0.2) is 42.6 Å². The van der Waals surface area contributed by atoms with Gasteiger partial charge in [-0.1, -0.05) is 30.3 Å². The third kappa shape index (κ3) is 6.28. The van der Waals surface area contributed by atoms with Gasteiger partial charge in [0.15, 0.2) is 11.8 Å². The summed E-state index contributed by atoms with van der Waals surface area (Å²) in [5, 5.41) is 12.4. The van der Waals surface area contributed by atoms with Gasteiger partial charge in [0.1, 0.15) is 12.7 Å². The maximum Gasteiger partial charge on any atom is 0.332 e. The van der Waals surface area contributed by atoms with Crippen LogP contribution in [0.3, 0.4) is 0 Å². The Kier molecular flexibility index (Phi) is 9.48. The van der Waals surface area contributed by atoms with E-state index in [-0.39, 0.29) is 39.1 Å². The normalized spacial score (nSPS) is 19.0. The number of anilines is 1. The van der Waals surface area contributed by atoms with Gasteiger partial charge >= 0.3 is 5.97 Å². The van der Waals surface area contributed by atoms with Gasteiger partial charge in [0, 0.05) is 24.6 Å². The molecule has 4 rings (SSSR count). The zero-order chi connectivity index (χ0) is 26.2. The lowest BCUT2D eigenvalue weighted by Crippen LogP contribution is -2.41. The summed E-state index contributed by atoms with van der Waals surface area (Å²) in [5.74, 6) is -0.507. The van der Waals surface area contributed by atoms with Crippen LogP contribution in [-0.2, 0) is 28.5 Å². The second-order valence-corrected chi connectivity index (χ2v) is 8.78. The second kappa shape index (κ2) is 13.0. The SMILES string of the molecule is COCCO[C@@H]1c2ccn3c(C)c(C)nc3c2N[C@H](c2ccccc2)[C@H]1OC(=O)COCCOCCO. The fourth-order valence-corrected chi connectivity index (χ4v) is 4.46. The van der Waals surface area contributed by atoms with E-state index in [1.54, 1.807) is 7.11 Å². The number of carbonyl (C=O) groups is 1. The van der Waals surface area contributed by atoms with Gasteiger partial charge in [-0.3, -0.25) is 0 Å². The average Bonchev–Trinajstić information content (AvgIpc) is 3.21. The third-order valence-corrected chi connectivity index (χ3v) is 6.37. The predicted octanol–water partition coefficient (Wildman–Crippen LogP) is 2.76. The lowest BCUT2D eigenvalue weighted by Gasteiger charge is -2.40. The molecule has 3 aromatic rings. The van der Waals surface area contributed by atoms with E-state index in [1.807, 2.05) is 56.4 Å². The quantitative estimate of drug-likeness (QED) is 0.263. The number of pyridine rings is 1. The van der Waals surface area contributed by atoms with Gasteiger partial charge in [-0.2, -0.15) is 0 Å². The number of aliphatic hydroxyl groups is 1. The number of aromatic nitrogens is 2. The summed E-state index contributed by atoms with van der Waals surface area (Å²) in [6.07, 6.45) is 0.735. The first-order valence-corrected chi connectivity index (χ1v) is 12.4. The number of imidazole rings is 1. The zero-order valence-electron chi connectivity index (χ0n) is 21.5. The van der Waals surface area contributed by atoms with Crippen molar-refractivity contribution in [1.82, 2.24) is 9.38 Å². The van der Waals surface area contributed by atoms with E-state index in [0.29, 0.717) is 13.2 Å². The van der Waals surface area contributed by atoms with Gasteiger partial charge in [0.2, 0.25) is 0 Å². The Morgan fingerprint density at radius 1 is 1.05 bits per heavy atom. The first-order chi connectivity index (χ1) is 18.0. The average molecular weight is 514 g/mol. The van der Waals surface area contributed by atoms with Crippen LogP contribution in [0.2, 0.25) is 0 Å². The van der Waals surface area contributed by atoms with Gasteiger partial charge in [-0.15, -0.1) is 0 Å². The smallest absolute Gasteiger partial charge is 0.332 e. The van der Waals surface area contributed by atoms with Crippen molar-refractivity contribution >= 4 is 17.3 Å². The number of hydrogen-bond acceptors (Lipinski definition) is 9. The first-order valence-electron chi connectivity index (χ1n) is 12.4. The fraction of sp³-hybridized carbons (Fsp3) is 0.481. The highest BCUT2D eigenvalue weighted by Gasteiger charge is 2.42. The molecular weight excluding hydrogens is 478 g/mol. The number of esters is 1. The molecule has 2 aromatic heterocycles. The van der Waals surface area contributed by atoms with Gasteiger partial charge < -0.3 is 38.5 Å². The van der Waals surface area contributed by atoms with Crippen LogP contribution in [0.1, 0.15) is 34.7 Å².